The van der Waals surface area contributed by atoms with Crippen molar-refractivity contribution in [2.24, 2.45) is 0 Å². The number of benzene rings is 2. The van der Waals surface area contributed by atoms with Gasteiger partial charge in [-0.25, -0.2) is 0 Å². The molecule has 1 fully saturated rings. The summed E-state index contributed by atoms with van der Waals surface area (Å²) in [4.78, 5) is 25.7. The van der Waals surface area contributed by atoms with E-state index >= 15 is 0 Å². The standard InChI is InChI=1S/C20H19Cl2NO2/c21-17-7-6-16(12-18(17)22)20(10-11-24)9-8-19(25)23(14-20)13-15-4-2-1-3-5-15/h1-7,11-12H,8-10,13-14H2. The maximum absolute atomic E-state index is 12.4. The van der Waals surface area contributed by atoms with Gasteiger partial charge in [-0.3, -0.25) is 4.79 Å². The van der Waals surface area contributed by atoms with Gasteiger partial charge in [0.1, 0.15) is 6.29 Å². The van der Waals surface area contributed by atoms with Crippen LogP contribution in [0.2, 0.25) is 10.0 Å². The summed E-state index contributed by atoms with van der Waals surface area (Å²) >= 11 is 12.2. The van der Waals surface area contributed by atoms with E-state index in [0.717, 1.165) is 17.4 Å². The number of likely N-dealkylation sites (tertiary alicyclic amines) is 1. The minimum absolute atomic E-state index is 0.116. The molecule has 1 saturated heterocycles. The first-order chi connectivity index (χ1) is 12.0. The van der Waals surface area contributed by atoms with Crippen molar-refractivity contribution in [1.82, 2.24) is 4.90 Å². The second kappa shape index (κ2) is 7.59. The van der Waals surface area contributed by atoms with Crippen LogP contribution in [0.5, 0.6) is 0 Å². The highest BCUT2D eigenvalue weighted by Crippen LogP contribution is 2.39. The van der Waals surface area contributed by atoms with Crippen LogP contribution in [0.15, 0.2) is 48.5 Å². The third-order valence-electron chi connectivity index (χ3n) is 4.89. The zero-order valence-electron chi connectivity index (χ0n) is 13.8. The number of rotatable bonds is 5. The van der Waals surface area contributed by atoms with E-state index in [9.17, 15) is 9.59 Å². The Morgan fingerprint density at radius 1 is 1.08 bits per heavy atom. The number of aldehydes is 1. The molecule has 1 heterocycles. The zero-order valence-corrected chi connectivity index (χ0v) is 15.3. The Balaban J connectivity index is 1.91. The molecule has 3 nitrogen and oxygen atoms in total. The molecule has 0 bridgehead atoms. The summed E-state index contributed by atoms with van der Waals surface area (Å²) in [5.41, 5.74) is 1.62. The van der Waals surface area contributed by atoms with Gasteiger partial charge in [-0.2, -0.15) is 0 Å². The van der Waals surface area contributed by atoms with E-state index in [2.05, 4.69) is 0 Å². The lowest BCUT2D eigenvalue weighted by molar-refractivity contribution is -0.137. The van der Waals surface area contributed by atoms with Gasteiger partial charge in [0.05, 0.1) is 10.0 Å². The molecule has 5 heteroatoms. The number of carbonyl (C=O) groups excluding carboxylic acids is 2. The van der Waals surface area contributed by atoms with E-state index in [0.29, 0.717) is 42.4 Å². The van der Waals surface area contributed by atoms with Gasteiger partial charge < -0.3 is 9.69 Å². The Bertz CT molecular complexity index is 779. The van der Waals surface area contributed by atoms with Crippen molar-refractivity contribution >= 4 is 35.4 Å². The fourth-order valence-corrected chi connectivity index (χ4v) is 3.79. The van der Waals surface area contributed by atoms with Gasteiger partial charge in [0, 0.05) is 31.3 Å². The predicted octanol–water partition coefficient (Wildman–Crippen LogP) is 4.64. The Hall–Kier alpha value is -1.84. The van der Waals surface area contributed by atoms with Crippen molar-refractivity contribution in [3.63, 3.8) is 0 Å². The van der Waals surface area contributed by atoms with Crippen LogP contribution in [-0.2, 0) is 21.5 Å². The molecule has 1 unspecified atom stereocenters. The molecule has 0 spiro atoms. The SMILES string of the molecule is O=CCC1(c2ccc(Cl)c(Cl)c2)CCC(=O)N(Cc2ccccc2)C1. The Morgan fingerprint density at radius 3 is 2.52 bits per heavy atom. The van der Waals surface area contributed by atoms with Crippen molar-refractivity contribution in [3.05, 3.63) is 69.7 Å². The maximum atomic E-state index is 12.4. The summed E-state index contributed by atoms with van der Waals surface area (Å²) in [6.45, 7) is 1.04. The quantitative estimate of drug-likeness (QED) is 0.713. The molecule has 1 aliphatic rings. The van der Waals surface area contributed by atoms with Gasteiger partial charge >= 0.3 is 0 Å². The number of amides is 1. The Morgan fingerprint density at radius 2 is 1.84 bits per heavy atom. The lowest BCUT2D eigenvalue weighted by Gasteiger charge is -2.42. The fourth-order valence-electron chi connectivity index (χ4n) is 3.49. The molecular weight excluding hydrogens is 357 g/mol. The average molecular weight is 376 g/mol. The van der Waals surface area contributed by atoms with Crippen molar-refractivity contribution in [2.45, 2.75) is 31.2 Å². The van der Waals surface area contributed by atoms with Crippen LogP contribution in [0, 0.1) is 0 Å². The number of hydrogen-bond donors (Lipinski definition) is 0. The predicted molar refractivity (Wildman–Crippen MR) is 99.9 cm³/mol. The number of carbonyl (C=O) groups is 2. The van der Waals surface area contributed by atoms with Gasteiger partial charge in [-0.1, -0.05) is 59.6 Å². The summed E-state index contributed by atoms with van der Waals surface area (Å²) in [5.74, 6) is 0.116. The van der Waals surface area contributed by atoms with Crippen LogP contribution in [0.4, 0.5) is 0 Å². The van der Waals surface area contributed by atoms with E-state index in [1.165, 1.54) is 0 Å². The summed E-state index contributed by atoms with van der Waals surface area (Å²) in [6, 6.07) is 15.4. The second-order valence-corrected chi connectivity index (χ2v) is 7.33. The highest BCUT2D eigenvalue weighted by atomic mass is 35.5. The minimum Gasteiger partial charge on any atom is -0.337 e. The molecule has 0 aliphatic carbocycles. The topological polar surface area (TPSA) is 37.4 Å². The minimum atomic E-state index is -0.418. The molecule has 3 rings (SSSR count). The average Bonchev–Trinajstić information content (AvgIpc) is 2.61. The van der Waals surface area contributed by atoms with Crippen molar-refractivity contribution in [1.29, 1.82) is 0 Å². The lowest BCUT2D eigenvalue weighted by Crippen LogP contribution is -2.48. The highest BCUT2D eigenvalue weighted by Gasteiger charge is 2.40. The number of piperidine rings is 1. The first kappa shape index (κ1) is 18.0. The van der Waals surface area contributed by atoms with Crippen molar-refractivity contribution in [2.75, 3.05) is 6.54 Å². The summed E-state index contributed by atoms with van der Waals surface area (Å²) in [7, 11) is 0. The summed E-state index contributed by atoms with van der Waals surface area (Å²) in [6.07, 6.45) is 2.33. The van der Waals surface area contributed by atoms with E-state index in [1.807, 2.05) is 47.4 Å². The van der Waals surface area contributed by atoms with Gasteiger partial charge in [0.2, 0.25) is 5.91 Å². The van der Waals surface area contributed by atoms with Crippen molar-refractivity contribution < 1.29 is 9.59 Å². The summed E-state index contributed by atoms with van der Waals surface area (Å²) in [5, 5.41) is 0.954. The van der Waals surface area contributed by atoms with Crippen LogP contribution in [0.1, 0.15) is 30.4 Å². The molecule has 130 valence electrons. The molecule has 0 radical (unpaired) electrons. The molecule has 1 aliphatic heterocycles. The van der Waals surface area contributed by atoms with Crippen LogP contribution in [-0.4, -0.2) is 23.6 Å². The van der Waals surface area contributed by atoms with Crippen LogP contribution >= 0.6 is 23.2 Å². The molecule has 1 amide bonds. The molecule has 1 atom stereocenters. The molecule has 25 heavy (non-hydrogen) atoms. The van der Waals surface area contributed by atoms with Crippen LogP contribution in [0.25, 0.3) is 0 Å². The third-order valence-corrected chi connectivity index (χ3v) is 5.62. The first-order valence-electron chi connectivity index (χ1n) is 8.25. The summed E-state index contributed by atoms with van der Waals surface area (Å²) < 4.78 is 0. The van der Waals surface area contributed by atoms with E-state index in [4.69, 9.17) is 23.2 Å². The van der Waals surface area contributed by atoms with E-state index < -0.39 is 5.41 Å². The molecular formula is C20H19Cl2NO2. The van der Waals surface area contributed by atoms with Gasteiger partial charge in [-0.15, -0.1) is 0 Å². The largest absolute Gasteiger partial charge is 0.337 e. The fraction of sp³-hybridized carbons (Fsp3) is 0.300. The number of hydrogen-bond acceptors (Lipinski definition) is 2. The second-order valence-electron chi connectivity index (χ2n) is 6.52. The van der Waals surface area contributed by atoms with E-state index in [1.54, 1.807) is 6.07 Å². The molecule has 2 aromatic carbocycles. The smallest absolute Gasteiger partial charge is 0.222 e. The van der Waals surface area contributed by atoms with Crippen molar-refractivity contribution in [3.8, 4) is 0 Å². The Labute approximate surface area is 157 Å². The number of halogens is 2. The Kier molecular flexibility index (Phi) is 5.45. The number of nitrogens with zero attached hydrogens (tertiary/aromatic N) is 1. The van der Waals surface area contributed by atoms with Gasteiger partial charge in [0.25, 0.3) is 0 Å². The van der Waals surface area contributed by atoms with Gasteiger partial charge in [0.15, 0.2) is 0 Å². The first-order valence-corrected chi connectivity index (χ1v) is 9.00. The molecule has 0 aromatic heterocycles. The molecule has 0 saturated carbocycles. The van der Waals surface area contributed by atoms with Crippen LogP contribution < -0.4 is 0 Å². The molecule has 0 N–H and O–H groups in total. The third kappa shape index (κ3) is 3.88. The zero-order chi connectivity index (χ0) is 17.9. The normalized spacial score (nSPS) is 20.6. The maximum Gasteiger partial charge on any atom is 0.222 e. The lowest BCUT2D eigenvalue weighted by atomic mass is 9.72. The highest BCUT2D eigenvalue weighted by molar-refractivity contribution is 6.42. The van der Waals surface area contributed by atoms with E-state index in [-0.39, 0.29) is 5.91 Å². The van der Waals surface area contributed by atoms with Crippen LogP contribution in [0.3, 0.4) is 0 Å². The monoisotopic (exact) mass is 375 g/mol. The molecule has 2 aromatic rings. The van der Waals surface area contributed by atoms with Gasteiger partial charge in [-0.05, 0) is 29.7 Å².